The molecule has 0 aliphatic rings. The summed E-state index contributed by atoms with van der Waals surface area (Å²) in [5.74, 6) is 0.490. The van der Waals surface area contributed by atoms with Crippen molar-refractivity contribution in [3.63, 3.8) is 0 Å². The molecule has 3 aromatic rings. The van der Waals surface area contributed by atoms with Crippen molar-refractivity contribution in [2.75, 3.05) is 6.61 Å². The Hall–Kier alpha value is -2.40. The number of carbonyl (C=O) groups is 1. The van der Waals surface area contributed by atoms with Gasteiger partial charge in [-0.1, -0.05) is 37.2 Å². The summed E-state index contributed by atoms with van der Waals surface area (Å²) in [4.78, 5) is 18.0. The highest BCUT2D eigenvalue weighted by atomic mass is 32.1. The quantitative estimate of drug-likeness (QED) is 0.484. The molecule has 4 nitrogen and oxygen atoms in total. The van der Waals surface area contributed by atoms with Gasteiger partial charge in [0.2, 0.25) is 0 Å². The zero-order valence-electron chi connectivity index (χ0n) is 17.1. The summed E-state index contributed by atoms with van der Waals surface area (Å²) in [5, 5.41) is 0. The van der Waals surface area contributed by atoms with Gasteiger partial charge in [0.1, 0.15) is 5.75 Å². The van der Waals surface area contributed by atoms with Gasteiger partial charge >= 0.3 is 0 Å². The second kappa shape index (κ2) is 9.20. The molecule has 0 bridgehead atoms. The number of rotatable bonds is 7. The minimum Gasteiger partial charge on any atom is -0.494 e. The number of fused-ring (bicyclic) bond motifs is 1. The van der Waals surface area contributed by atoms with Crippen LogP contribution in [0.3, 0.4) is 0 Å². The van der Waals surface area contributed by atoms with E-state index in [9.17, 15) is 4.79 Å². The number of nitrogens with zero attached hydrogens (tertiary/aromatic N) is 2. The van der Waals surface area contributed by atoms with E-state index in [4.69, 9.17) is 4.74 Å². The first kappa shape index (κ1) is 20.3. The summed E-state index contributed by atoms with van der Waals surface area (Å²) in [7, 11) is 0. The molecule has 28 heavy (non-hydrogen) atoms. The van der Waals surface area contributed by atoms with Gasteiger partial charge in [0, 0.05) is 12.1 Å². The van der Waals surface area contributed by atoms with Crippen LogP contribution in [0, 0.1) is 13.8 Å². The van der Waals surface area contributed by atoms with Crippen LogP contribution in [0.1, 0.15) is 54.6 Å². The lowest BCUT2D eigenvalue weighted by Crippen LogP contribution is -2.16. The lowest BCUT2D eigenvalue weighted by Gasteiger charge is -2.06. The first-order chi connectivity index (χ1) is 13.5. The average molecular weight is 397 g/mol. The summed E-state index contributed by atoms with van der Waals surface area (Å²) >= 11 is 1.56. The van der Waals surface area contributed by atoms with Crippen molar-refractivity contribution in [2.24, 2.45) is 4.99 Å². The van der Waals surface area contributed by atoms with Crippen LogP contribution in [0.2, 0.25) is 0 Å². The molecule has 1 heterocycles. The molecule has 0 unspecified atom stereocenters. The first-order valence-corrected chi connectivity index (χ1v) is 10.8. The Bertz CT molecular complexity index is 1050. The molecule has 5 heteroatoms. The number of unbranched alkanes of at least 4 members (excludes halogenated alkanes) is 2. The molecule has 0 radical (unpaired) electrons. The predicted molar refractivity (Wildman–Crippen MR) is 116 cm³/mol. The van der Waals surface area contributed by atoms with E-state index >= 15 is 0 Å². The number of benzene rings is 2. The van der Waals surface area contributed by atoms with Crippen LogP contribution in [0.15, 0.2) is 41.4 Å². The largest absolute Gasteiger partial charge is 0.494 e. The van der Waals surface area contributed by atoms with Crippen LogP contribution in [0.25, 0.3) is 10.2 Å². The third kappa shape index (κ3) is 4.53. The molecule has 0 atom stereocenters. The average Bonchev–Trinajstić information content (AvgIpc) is 3.01. The summed E-state index contributed by atoms with van der Waals surface area (Å²) in [6.45, 7) is 9.91. The van der Waals surface area contributed by atoms with E-state index in [0.29, 0.717) is 12.2 Å². The Labute approximate surface area is 170 Å². The SMILES string of the molecule is CCCCCOc1cccc(C(=O)N=c2sc3cc(C)c(C)cc3n2CC)c1. The molecule has 0 saturated carbocycles. The van der Waals surface area contributed by atoms with Crippen molar-refractivity contribution >= 4 is 27.5 Å². The summed E-state index contributed by atoms with van der Waals surface area (Å²) in [5.41, 5.74) is 4.19. The monoisotopic (exact) mass is 396 g/mol. The molecule has 0 aliphatic heterocycles. The Kier molecular flexibility index (Phi) is 6.68. The van der Waals surface area contributed by atoms with Gasteiger partial charge in [-0.3, -0.25) is 4.79 Å². The number of aromatic nitrogens is 1. The number of carbonyl (C=O) groups excluding carboxylic acids is 1. The minimum atomic E-state index is -0.235. The predicted octanol–water partition coefficient (Wildman–Crippen LogP) is 5.65. The van der Waals surface area contributed by atoms with Crippen molar-refractivity contribution in [2.45, 2.75) is 53.5 Å². The van der Waals surface area contributed by atoms with E-state index < -0.39 is 0 Å². The maximum Gasteiger partial charge on any atom is 0.279 e. The second-order valence-electron chi connectivity index (χ2n) is 7.03. The van der Waals surface area contributed by atoms with Crippen LogP contribution in [-0.2, 0) is 6.54 Å². The number of hydrogen-bond donors (Lipinski definition) is 0. The lowest BCUT2D eigenvalue weighted by molar-refractivity contribution is 0.0997. The fourth-order valence-electron chi connectivity index (χ4n) is 3.12. The highest BCUT2D eigenvalue weighted by Gasteiger charge is 2.10. The zero-order valence-corrected chi connectivity index (χ0v) is 17.9. The van der Waals surface area contributed by atoms with Gasteiger partial charge in [0.15, 0.2) is 4.80 Å². The second-order valence-corrected chi connectivity index (χ2v) is 8.04. The smallest absolute Gasteiger partial charge is 0.279 e. The van der Waals surface area contributed by atoms with Crippen molar-refractivity contribution in [3.05, 3.63) is 57.9 Å². The van der Waals surface area contributed by atoms with E-state index in [-0.39, 0.29) is 5.91 Å². The molecular formula is C23H28N2O2S. The Morgan fingerprint density at radius 3 is 2.64 bits per heavy atom. The van der Waals surface area contributed by atoms with Crippen LogP contribution < -0.4 is 9.54 Å². The van der Waals surface area contributed by atoms with Gasteiger partial charge < -0.3 is 9.30 Å². The van der Waals surface area contributed by atoms with Gasteiger partial charge in [0.25, 0.3) is 5.91 Å². The maximum atomic E-state index is 12.8. The molecule has 0 spiro atoms. The van der Waals surface area contributed by atoms with Crippen molar-refractivity contribution < 1.29 is 9.53 Å². The summed E-state index contributed by atoms with van der Waals surface area (Å²) < 4.78 is 9.04. The number of aryl methyl sites for hydroxylation is 3. The van der Waals surface area contributed by atoms with Crippen molar-refractivity contribution in [1.29, 1.82) is 0 Å². The van der Waals surface area contributed by atoms with Crippen LogP contribution in [-0.4, -0.2) is 17.1 Å². The molecule has 2 aromatic carbocycles. The van der Waals surface area contributed by atoms with Gasteiger partial charge in [0.05, 0.1) is 16.8 Å². The van der Waals surface area contributed by atoms with Crippen molar-refractivity contribution in [1.82, 2.24) is 4.57 Å². The molecular weight excluding hydrogens is 368 g/mol. The third-order valence-corrected chi connectivity index (χ3v) is 5.95. The van der Waals surface area contributed by atoms with E-state index in [1.165, 1.54) is 11.1 Å². The van der Waals surface area contributed by atoms with Crippen LogP contribution >= 0.6 is 11.3 Å². The van der Waals surface area contributed by atoms with E-state index in [2.05, 4.69) is 49.4 Å². The summed E-state index contributed by atoms with van der Waals surface area (Å²) in [6, 6.07) is 11.7. The highest BCUT2D eigenvalue weighted by Crippen LogP contribution is 2.22. The Morgan fingerprint density at radius 2 is 1.89 bits per heavy atom. The summed E-state index contributed by atoms with van der Waals surface area (Å²) in [6.07, 6.45) is 3.33. The number of thiazole rings is 1. The fraction of sp³-hybridized carbons (Fsp3) is 0.391. The minimum absolute atomic E-state index is 0.235. The topological polar surface area (TPSA) is 43.6 Å². The molecule has 0 saturated heterocycles. The van der Waals surface area contributed by atoms with E-state index in [1.807, 2.05) is 12.1 Å². The van der Waals surface area contributed by atoms with Crippen LogP contribution in [0.4, 0.5) is 0 Å². The van der Waals surface area contributed by atoms with E-state index in [0.717, 1.165) is 46.6 Å². The number of hydrogen-bond acceptors (Lipinski definition) is 3. The molecule has 0 aliphatic carbocycles. The molecule has 148 valence electrons. The number of ether oxygens (including phenoxy) is 1. The third-order valence-electron chi connectivity index (χ3n) is 4.91. The Balaban J connectivity index is 1.90. The van der Waals surface area contributed by atoms with Gasteiger partial charge in [-0.05, 0) is 68.7 Å². The van der Waals surface area contributed by atoms with E-state index in [1.54, 1.807) is 23.5 Å². The highest BCUT2D eigenvalue weighted by molar-refractivity contribution is 7.16. The maximum absolute atomic E-state index is 12.8. The van der Waals surface area contributed by atoms with Gasteiger partial charge in [-0.15, -0.1) is 0 Å². The normalized spacial score (nSPS) is 11.9. The molecule has 3 rings (SSSR count). The van der Waals surface area contributed by atoms with Gasteiger partial charge in [-0.25, -0.2) is 0 Å². The Morgan fingerprint density at radius 1 is 1.11 bits per heavy atom. The zero-order chi connectivity index (χ0) is 20.1. The number of amides is 1. The molecule has 1 amide bonds. The molecule has 0 fully saturated rings. The van der Waals surface area contributed by atoms with Crippen molar-refractivity contribution in [3.8, 4) is 5.75 Å². The lowest BCUT2D eigenvalue weighted by atomic mass is 10.1. The standard InChI is InChI=1S/C23H28N2O2S/c1-5-7-8-12-27-19-11-9-10-18(15-19)22(26)24-23-25(6-2)20-13-16(3)17(4)14-21(20)28-23/h9-11,13-15H,5-8,12H2,1-4H3. The molecule has 1 aromatic heterocycles. The molecule has 0 N–H and O–H groups in total. The fourth-order valence-corrected chi connectivity index (χ4v) is 4.30. The van der Waals surface area contributed by atoms with Crippen LogP contribution in [0.5, 0.6) is 5.75 Å². The van der Waals surface area contributed by atoms with Gasteiger partial charge in [-0.2, -0.15) is 4.99 Å². The first-order valence-electron chi connectivity index (χ1n) is 9.96.